The molecule has 3 aromatic carbocycles. The van der Waals surface area contributed by atoms with Gasteiger partial charge >= 0.3 is 0 Å². The topological polar surface area (TPSA) is 82.6 Å². The summed E-state index contributed by atoms with van der Waals surface area (Å²) in [6, 6.07) is 21.6. The minimum absolute atomic E-state index is 0.0773. The van der Waals surface area contributed by atoms with Gasteiger partial charge in [0.05, 0.1) is 25.3 Å². The molecule has 1 fully saturated rings. The van der Waals surface area contributed by atoms with Crippen molar-refractivity contribution in [3.8, 4) is 5.75 Å². The van der Waals surface area contributed by atoms with Crippen LogP contribution in [-0.4, -0.2) is 33.8 Å². The first kappa shape index (κ1) is 21.5. The number of carbonyl (C=O) groups is 2. The Labute approximate surface area is 197 Å². The molecular formula is C28H24N2O4. The first-order valence-electron chi connectivity index (χ1n) is 11.0. The standard InChI is InChI=1S/C28H24N2O4/c1-17-11-13-18(14-12-17)26(31)24-25(21-15-29-22-9-5-4-8-20(21)22)30(28(33)27(24)32)16-19-7-3-6-10-23(19)34-2/h3-15,25,29,31H,16H2,1-2H3/b26-24+. The number of aromatic nitrogens is 1. The maximum Gasteiger partial charge on any atom is 0.295 e. The molecule has 6 nitrogen and oxygen atoms in total. The van der Waals surface area contributed by atoms with Gasteiger partial charge in [-0.25, -0.2) is 0 Å². The Balaban J connectivity index is 1.71. The number of nitrogens with one attached hydrogen (secondary N) is 1. The molecule has 0 radical (unpaired) electrons. The number of hydrogen-bond donors (Lipinski definition) is 2. The Kier molecular flexibility index (Phi) is 5.42. The van der Waals surface area contributed by atoms with E-state index in [0.717, 1.165) is 27.6 Å². The normalized spacial score (nSPS) is 17.5. The molecule has 34 heavy (non-hydrogen) atoms. The number of carbonyl (C=O) groups excluding carboxylic acids is 2. The van der Waals surface area contributed by atoms with E-state index in [2.05, 4.69) is 4.98 Å². The van der Waals surface area contributed by atoms with E-state index in [1.54, 1.807) is 25.4 Å². The Hall–Kier alpha value is -4.32. The SMILES string of the molecule is COc1ccccc1CN1C(=O)C(=O)/C(=C(/O)c2ccc(C)cc2)C1c1c[nH]c2ccccc12. The van der Waals surface area contributed by atoms with Crippen molar-refractivity contribution < 1.29 is 19.4 Å². The molecule has 0 aliphatic carbocycles. The Morgan fingerprint density at radius 3 is 2.47 bits per heavy atom. The van der Waals surface area contributed by atoms with Crippen molar-refractivity contribution in [2.24, 2.45) is 0 Å². The number of nitrogens with zero attached hydrogens (tertiary/aromatic N) is 1. The van der Waals surface area contributed by atoms with Gasteiger partial charge in [-0.2, -0.15) is 0 Å². The van der Waals surface area contributed by atoms with Crippen LogP contribution >= 0.6 is 0 Å². The summed E-state index contributed by atoms with van der Waals surface area (Å²) in [7, 11) is 1.57. The molecule has 1 amide bonds. The highest BCUT2D eigenvalue weighted by Crippen LogP contribution is 2.43. The average Bonchev–Trinajstić information content (AvgIpc) is 3.39. The molecule has 2 N–H and O–H groups in total. The second-order valence-corrected chi connectivity index (χ2v) is 8.39. The molecule has 1 saturated heterocycles. The highest BCUT2D eigenvalue weighted by Gasteiger charge is 2.47. The molecule has 170 valence electrons. The first-order valence-corrected chi connectivity index (χ1v) is 11.0. The minimum Gasteiger partial charge on any atom is -0.507 e. The summed E-state index contributed by atoms with van der Waals surface area (Å²) in [6.07, 6.45) is 1.80. The number of para-hydroxylation sites is 2. The number of aliphatic hydroxyl groups is 1. The quantitative estimate of drug-likeness (QED) is 0.251. The van der Waals surface area contributed by atoms with Crippen LogP contribution in [0.2, 0.25) is 0 Å². The lowest BCUT2D eigenvalue weighted by molar-refractivity contribution is -0.140. The number of fused-ring (bicyclic) bond motifs is 1. The number of amides is 1. The fourth-order valence-corrected chi connectivity index (χ4v) is 4.57. The Morgan fingerprint density at radius 1 is 1.00 bits per heavy atom. The monoisotopic (exact) mass is 452 g/mol. The van der Waals surface area contributed by atoms with E-state index in [1.165, 1.54) is 4.90 Å². The van der Waals surface area contributed by atoms with Crippen molar-refractivity contribution in [1.82, 2.24) is 9.88 Å². The summed E-state index contributed by atoms with van der Waals surface area (Å²) in [5.74, 6) is -0.921. The van der Waals surface area contributed by atoms with Gasteiger partial charge < -0.3 is 19.7 Å². The van der Waals surface area contributed by atoms with Gasteiger partial charge in [-0.3, -0.25) is 9.59 Å². The van der Waals surface area contributed by atoms with Gasteiger partial charge in [0, 0.05) is 33.8 Å². The van der Waals surface area contributed by atoms with Gasteiger partial charge in [0.15, 0.2) is 0 Å². The first-order chi connectivity index (χ1) is 16.5. The van der Waals surface area contributed by atoms with E-state index >= 15 is 0 Å². The Morgan fingerprint density at radius 2 is 1.71 bits per heavy atom. The highest BCUT2D eigenvalue weighted by atomic mass is 16.5. The molecule has 0 saturated carbocycles. The number of likely N-dealkylation sites (tertiary alicyclic amines) is 1. The van der Waals surface area contributed by atoms with Crippen LogP contribution in [0.15, 0.2) is 84.6 Å². The third-order valence-electron chi connectivity index (χ3n) is 6.31. The zero-order valence-electron chi connectivity index (χ0n) is 18.9. The second-order valence-electron chi connectivity index (χ2n) is 8.39. The van der Waals surface area contributed by atoms with Crippen LogP contribution in [-0.2, 0) is 16.1 Å². The average molecular weight is 453 g/mol. The number of aliphatic hydroxyl groups excluding tert-OH is 1. The fraction of sp³-hybridized carbons (Fsp3) is 0.143. The van der Waals surface area contributed by atoms with Crippen LogP contribution in [0.25, 0.3) is 16.7 Å². The fourth-order valence-electron chi connectivity index (χ4n) is 4.57. The number of rotatable bonds is 5. The van der Waals surface area contributed by atoms with Gasteiger partial charge in [0.1, 0.15) is 11.5 Å². The minimum atomic E-state index is -0.762. The Bertz CT molecular complexity index is 1430. The van der Waals surface area contributed by atoms with Crippen molar-refractivity contribution in [3.05, 3.63) is 107 Å². The predicted octanol–water partition coefficient (Wildman–Crippen LogP) is 5.11. The number of aromatic amines is 1. The van der Waals surface area contributed by atoms with Crippen LogP contribution in [0.1, 0.15) is 28.3 Å². The maximum atomic E-state index is 13.3. The molecular weight excluding hydrogens is 428 g/mol. The third-order valence-corrected chi connectivity index (χ3v) is 6.31. The number of ether oxygens (including phenoxy) is 1. The van der Waals surface area contributed by atoms with E-state index < -0.39 is 17.7 Å². The van der Waals surface area contributed by atoms with Gasteiger partial charge in [-0.05, 0) is 19.1 Å². The summed E-state index contributed by atoms with van der Waals surface area (Å²) < 4.78 is 5.48. The van der Waals surface area contributed by atoms with Crippen molar-refractivity contribution in [3.63, 3.8) is 0 Å². The van der Waals surface area contributed by atoms with Crippen LogP contribution < -0.4 is 4.74 Å². The molecule has 4 aromatic rings. The zero-order valence-corrected chi connectivity index (χ0v) is 18.9. The number of Topliss-reactive ketones (excluding diaryl/α,β-unsaturated/α-hetero) is 1. The zero-order chi connectivity index (χ0) is 23.8. The smallest absolute Gasteiger partial charge is 0.295 e. The molecule has 1 unspecified atom stereocenters. The molecule has 2 heterocycles. The highest BCUT2D eigenvalue weighted by molar-refractivity contribution is 6.46. The van der Waals surface area contributed by atoms with Crippen molar-refractivity contribution in [2.75, 3.05) is 7.11 Å². The molecule has 1 aliphatic heterocycles. The lowest BCUT2D eigenvalue weighted by atomic mass is 9.94. The molecule has 0 spiro atoms. The van der Waals surface area contributed by atoms with Gasteiger partial charge in [-0.1, -0.05) is 66.2 Å². The number of ketones is 1. The largest absolute Gasteiger partial charge is 0.507 e. The second kappa shape index (κ2) is 8.56. The lowest BCUT2D eigenvalue weighted by Gasteiger charge is -2.25. The van der Waals surface area contributed by atoms with Crippen LogP contribution in [0.5, 0.6) is 5.75 Å². The molecule has 6 heteroatoms. The summed E-state index contributed by atoms with van der Waals surface area (Å²) in [5, 5.41) is 12.2. The van der Waals surface area contributed by atoms with Crippen LogP contribution in [0.3, 0.4) is 0 Å². The number of aryl methyl sites for hydroxylation is 1. The third kappa shape index (κ3) is 3.53. The molecule has 1 aromatic heterocycles. The summed E-state index contributed by atoms with van der Waals surface area (Å²) >= 11 is 0. The van der Waals surface area contributed by atoms with Gasteiger partial charge in [0.2, 0.25) is 0 Å². The number of hydrogen-bond acceptors (Lipinski definition) is 4. The van der Waals surface area contributed by atoms with Gasteiger partial charge in [0.25, 0.3) is 11.7 Å². The molecule has 1 aliphatic rings. The predicted molar refractivity (Wildman–Crippen MR) is 130 cm³/mol. The molecule has 0 bridgehead atoms. The van der Waals surface area contributed by atoms with E-state index in [4.69, 9.17) is 4.74 Å². The van der Waals surface area contributed by atoms with E-state index in [0.29, 0.717) is 11.3 Å². The van der Waals surface area contributed by atoms with E-state index in [9.17, 15) is 14.7 Å². The number of methoxy groups -OCH3 is 1. The van der Waals surface area contributed by atoms with Crippen molar-refractivity contribution in [1.29, 1.82) is 0 Å². The van der Waals surface area contributed by atoms with Crippen LogP contribution in [0, 0.1) is 6.92 Å². The lowest BCUT2D eigenvalue weighted by Crippen LogP contribution is -2.29. The summed E-state index contributed by atoms with van der Waals surface area (Å²) in [6.45, 7) is 2.10. The summed E-state index contributed by atoms with van der Waals surface area (Å²) in [4.78, 5) is 31.4. The molecule has 1 atom stereocenters. The van der Waals surface area contributed by atoms with E-state index in [1.807, 2.05) is 67.6 Å². The maximum absolute atomic E-state index is 13.3. The van der Waals surface area contributed by atoms with Crippen molar-refractivity contribution >= 4 is 28.4 Å². The van der Waals surface area contributed by atoms with Crippen molar-refractivity contribution in [2.45, 2.75) is 19.5 Å². The number of H-pyrrole nitrogens is 1. The van der Waals surface area contributed by atoms with E-state index in [-0.39, 0.29) is 17.9 Å². The number of benzene rings is 3. The summed E-state index contributed by atoms with van der Waals surface area (Å²) in [5.41, 5.74) is 4.00. The molecule has 5 rings (SSSR count). The van der Waals surface area contributed by atoms with Gasteiger partial charge in [-0.15, -0.1) is 0 Å². The van der Waals surface area contributed by atoms with Crippen LogP contribution in [0.4, 0.5) is 0 Å².